The minimum absolute atomic E-state index is 0.143. The molecule has 0 radical (unpaired) electrons. The van der Waals surface area contributed by atoms with Gasteiger partial charge in [-0.3, -0.25) is 9.78 Å². The molecule has 0 aliphatic rings. The van der Waals surface area contributed by atoms with Gasteiger partial charge in [0.05, 0.1) is 40.3 Å². The van der Waals surface area contributed by atoms with Crippen molar-refractivity contribution in [1.29, 1.82) is 5.26 Å². The summed E-state index contributed by atoms with van der Waals surface area (Å²) in [5.41, 5.74) is 0.223. The van der Waals surface area contributed by atoms with Crippen molar-refractivity contribution in [2.45, 2.75) is 6.18 Å². The molecule has 3 aromatic rings. The normalized spacial score (nSPS) is 10.8. The smallest absolute Gasteiger partial charge is 0.354 e. The van der Waals surface area contributed by atoms with Crippen molar-refractivity contribution in [3.8, 4) is 6.07 Å². The van der Waals surface area contributed by atoms with E-state index in [9.17, 15) is 18.0 Å². The maximum Gasteiger partial charge on any atom is 0.418 e. The number of anilines is 3. The molecule has 0 fully saturated rings. The Morgan fingerprint density at radius 2 is 1.79 bits per heavy atom. The molecule has 2 aromatic carbocycles. The van der Waals surface area contributed by atoms with Crippen molar-refractivity contribution in [3.63, 3.8) is 0 Å². The first kappa shape index (κ1) is 18.9. The number of aromatic nitrogens is 1. The number of carbonyl (C=O) groups is 1. The lowest BCUT2D eigenvalue weighted by Gasteiger charge is -2.14. The van der Waals surface area contributed by atoms with Crippen LogP contribution in [-0.4, -0.2) is 10.9 Å². The van der Waals surface area contributed by atoms with Crippen LogP contribution in [0.15, 0.2) is 67.0 Å². The van der Waals surface area contributed by atoms with Crippen LogP contribution in [0.4, 0.5) is 30.2 Å². The molecule has 140 valence electrons. The standard InChI is InChI=1S/C20H13F3N4O/c21-20(22,23)17-6-1-2-7-18(17)26-16-9-14(11-25-12-16)19(28)27-15-5-3-4-13(8-15)10-24/h1-9,11-12,26H,(H,27,28). The number of nitrogens with zero attached hydrogens (tertiary/aromatic N) is 2. The first-order valence-electron chi connectivity index (χ1n) is 8.06. The van der Waals surface area contributed by atoms with E-state index in [1.54, 1.807) is 18.2 Å². The number of para-hydroxylation sites is 1. The van der Waals surface area contributed by atoms with E-state index in [0.29, 0.717) is 11.3 Å². The molecule has 1 aromatic heterocycles. The van der Waals surface area contributed by atoms with Crippen molar-refractivity contribution >= 4 is 23.0 Å². The van der Waals surface area contributed by atoms with Gasteiger partial charge in [-0.15, -0.1) is 0 Å². The minimum Gasteiger partial charge on any atom is -0.354 e. The van der Waals surface area contributed by atoms with Crippen LogP contribution >= 0.6 is 0 Å². The van der Waals surface area contributed by atoms with Crippen LogP contribution in [0.2, 0.25) is 0 Å². The third kappa shape index (κ3) is 4.45. The summed E-state index contributed by atoms with van der Waals surface area (Å²) in [7, 11) is 0. The zero-order chi connectivity index (χ0) is 20.1. The second kappa shape index (κ2) is 7.80. The number of amides is 1. The van der Waals surface area contributed by atoms with E-state index in [1.165, 1.54) is 42.7 Å². The van der Waals surface area contributed by atoms with Crippen LogP contribution in [-0.2, 0) is 6.18 Å². The number of hydrogen-bond acceptors (Lipinski definition) is 4. The Labute approximate surface area is 158 Å². The SMILES string of the molecule is N#Cc1cccc(NC(=O)c2cncc(Nc3ccccc3C(F)(F)F)c2)c1. The van der Waals surface area contributed by atoms with Crippen LogP contribution in [0.25, 0.3) is 0 Å². The molecular weight excluding hydrogens is 369 g/mol. The van der Waals surface area contributed by atoms with Gasteiger partial charge >= 0.3 is 6.18 Å². The number of benzene rings is 2. The molecule has 0 saturated heterocycles. The number of nitrogens with one attached hydrogen (secondary N) is 2. The lowest BCUT2D eigenvalue weighted by molar-refractivity contribution is -0.136. The Balaban J connectivity index is 1.81. The molecule has 5 nitrogen and oxygen atoms in total. The van der Waals surface area contributed by atoms with E-state index in [0.717, 1.165) is 6.07 Å². The summed E-state index contributed by atoms with van der Waals surface area (Å²) in [4.78, 5) is 16.3. The van der Waals surface area contributed by atoms with Crippen molar-refractivity contribution < 1.29 is 18.0 Å². The zero-order valence-electron chi connectivity index (χ0n) is 14.3. The number of pyridine rings is 1. The lowest BCUT2D eigenvalue weighted by Crippen LogP contribution is -2.13. The summed E-state index contributed by atoms with van der Waals surface area (Å²) in [6.45, 7) is 0. The Morgan fingerprint density at radius 1 is 1.00 bits per heavy atom. The predicted molar refractivity (Wildman–Crippen MR) is 98.1 cm³/mol. The topological polar surface area (TPSA) is 77.8 Å². The van der Waals surface area contributed by atoms with Gasteiger partial charge in [-0.1, -0.05) is 18.2 Å². The molecule has 1 heterocycles. The Bertz CT molecular complexity index is 1060. The second-order valence-corrected chi connectivity index (χ2v) is 5.78. The van der Waals surface area contributed by atoms with E-state index in [1.807, 2.05) is 6.07 Å². The number of nitriles is 1. The first-order chi connectivity index (χ1) is 13.4. The maximum absolute atomic E-state index is 13.1. The fraction of sp³-hybridized carbons (Fsp3) is 0.0500. The van der Waals surface area contributed by atoms with E-state index in [2.05, 4.69) is 15.6 Å². The Hall–Kier alpha value is -3.86. The molecular formula is C20H13F3N4O. The molecule has 0 unspecified atom stereocenters. The van der Waals surface area contributed by atoms with Gasteiger partial charge < -0.3 is 10.6 Å². The number of carbonyl (C=O) groups excluding carboxylic acids is 1. The van der Waals surface area contributed by atoms with E-state index >= 15 is 0 Å². The number of alkyl halides is 3. The van der Waals surface area contributed by atoms with Gasteiger partial charge in [0.25, 0.3) is 5.91 Å². The van der Waals surface area contributed by atoms with Crippen molar-refractivity contribution in [1.82, 2.24) is 4.98 Å². The lowest BCUT2D eigenvalue weighted by atomic mass is 10.1. The van der Waals surface area contributed by atoms with Gasteiger partial charge in [0.1, 0.15) is 0 Å². The summed E-state index contributed by atoms with van der Waals surface area (Å²) in [6, 6.07) is 14.7. The highest BCUT2D eigenvalue weighted by Gasteiger charge is 2.33. The average molecular weight is 382 g/mol. The highest BCUT2D eigenvalue weighted by Crippen LogP contribution is 2.35. The quantitative estimate of drug-likeness (QED) is 0.668. The predicted octanol–water partition coefficient (Wildman–Crippen LogP) is 4.97. The van der Waals surface area contributed by atoms with Crippen molar-refractivity contribution in [3.05, 3.63) is 83.7 Å². The van der Waals surface area contributed by atoms with Gasteiger partial charge in [0.15, 0.2) is 0 Å². The largest absolute Gasteiger partial charge is 0.418 e. The molecule has 0 saturated carbocycles. The van der Waals surface area contributed by atoms with Crippen LogP contribution in [0.5, 0.6) is 0 Å². The van der Waals surface area contributed by atoms with E-state index in [4.69, 9.17) is 5.26 Å². The monoisotopic (exact) mass is 382 g/mol. The average Bonchev–Trinajstić information content (AvgIpc) is 2.68. The third-order valence-electron chi connectivity index (χ3n) is 3.76. The minimum atomic E-state index is -4.52. The maximum atomic E-state index is 13.1. The summed E-state index contributed by atoms with van der Waals surface area (Å²) in [6.07, 6.45) is -1.90. The summed E-state index contributed by atoms with van der Waals surface area (Å²) >= 11 is 0. The molecule has 1 amide bonds. The van der Waals surface area contributed by atoms with Crippen molar-refractivity contribution in [2.75, 3.05) is 10.6 Å². The van der Waals surface area contributed by atoms with Gasteiger partial charge in [-0.25, -0.2) is 0 Å². The number of rotatable bonds is 4. The van der Waals surface area contributed by atoms with E-state index < -0.39 is 17.6 Å². The summed E-state index contributed by atoms with van der Waals surface area (Å²) in [5, 5.41) is 14.2. The highest BCUT2D eigenvalue weighted by atomic mass is 19.4. The molecule has 0 aliphatic carbocycles. The molecule has 2 N–H and O–H groups in total. The molecule has 3 rings (SSSR count). The molecule has 8 heteroatoms. The van der Waals surface area contributed by atoms with Crippen LogP contribution in [0.3, 0.4) is 0 Å². The van der Waals surface area contributed by atoms with Crippen molar-refractivity contribution in [2.24, 2.45) is 0 Å². The highest BCUT2D eigenvalue weighted by molar-refractivity contribution is 6.04. The molecule has 0 bridgehead atoms. The van der Waals surface area contributed by atoms with Crippen LogP contribution in [0.1, 0.15) is 21.5 Å². The van der Waals surface area contributed by atoms with Gasteiger partial charge in [-0.2, -0.15) is 18.4 Å². The molecule has 0 aliphatic heterocycles. The van der Waals surface area contributed by atoms with E-state index in [-0.39, 0.29) is 16.9 Å². The third-order valence-corrected chi connectivity index (χ3v) is 3.76. The van der Waals surface area contributed by atoms with Gasteiger partial charge in [0.2, 0.25) is 0 Å². The summed E-state index contributed by atoms with van der Waals surface area (Å²) < 4.78 is 39.4. The fourth-order valence-corrected chi connectivity index (χ4v) is 2.50. The van der Waals surface area contributed by atoms with Gasteiger partial charge in [0, 0.05) is 11.9 Å². The molecule has 28 heavy (non-hydrogen) atoms. The van der Waals surface area contributed by atoms with Gasteiger partial charge in [-0.05, 0) is 36.4 Å². The summed E-state index contributed by atoms with van der Waals surface area (Å²) in [5.74, 6) is -0.504. The number of hydrogen-bond donors (Lipinski definition) is 2. The number of halogens is 3. The first-order valence-corrected chi connectivity index (χ1v) is 8.06. The molecule has 0 spiro atoms. The Morgan fingerprint density at radius 3 is 2.54 bits per heavy atom. The Kier molecular flexibility index (Phi) is 5.27. The van der Waals surface area contributed by atoms with Crippen LogP contribution in [0, 0.1) is 11.3 Å². The molecule has 0 atom stereocenters. The fourth-order valence-electron chi connectivity index (χ4n) is 2.50. The van der Waals surface area contributed by atoms with Crippen LogP contribution < -0.4 is 10.6 Å². The zero-order valence-corrected chi connectivity index (χ0v) is 14.3. The second-order valence-electron chi connectivity index (χ2n) is 5.78.